The predicted octanol–water partition coefficient (Wildman–Crippen LogP) is 3.68. The van der Waals surface area contributed by atoms with E-state index < -0.39 is 0 Å². The summed E-state index contributed by atoms with van der Waals surface area (Å²) in [5.74, 6) is 0. The topological polar surface area (TPSA) is 26.0 Å². The Morgan fingerprint density at radius 1 is 0.846 bits per heavy atom. The van der Waals surface area contributed by atoms with Gasteiger partial charge in [-0.1, -0.05) is 51.9 Å². The molecule has 0 fully saturated rings. The highest BCUT2D eigenvalue weighted by atomic mass is 14.5. The van der Waals surface area contributed by atoms with Crippen LogP contribution in [0.25, 0.3) is 0 Å². The van der Waals surface area contributed by atoms with E-state index in [9.17, 15) is 0 Å². The summed E-state index contributed by atoms with van der Waals surface area (Å²) in [5, 5.41) is 0. The SMILES string of the molecule is CCCCCCCC[CH]CCCN. The van der Waals surface area contributed by atoms with Gasteiger partial charge in [-0.2, -0.15) is 0 Å². The van der Waals surface area contributed by atoms with E-state index in [1.807, 2.05) is 0 Å². The fraction of sp³-hybridized carbons (Fsp3) is 0.917. The second-order valence-corrected chi connectivity index (χ2v) is 3.78. The van der Waals surface area contributed by atoms with Crippen molar-refractivity contribution in [3.05, 3.63) is 6.42 Å². The van der Waals surface area contributed by atoms with Crippen LogP contribution in [0.4, 0.5) is 0 Å². The molecule has 0 aliphatic heterocycles. The van der Waals surface area contributed by atoms with E-state index in [-0.39, 0.29) is 0 Å². The Kier molecular flexibility index (Phi) is 11.9. The van der Waals surface area contributed by atoms with Crippen molar-refractivity contribution in [1.82, 2.24) is 0 Å². The molecule has 1 nitrogen and oxygen atoms in total. The summed E-state index contributed by atoms with van der Waals surface area (Å²) in [6, 6.07) is 0. The molecule has 0 aromatic carbocycles. The van der Waals surface area contributed by atoms with E-state index in [0.717, 1.165) is 13.0 Å². The van der Waals surface area contributed by atoms with E-state index >= 15 is 0 Å². The molecule has 2 N–H and O–H groups in total. The van der Waals surface area contributed by atoms with Crippen LogP contribution in [0, 0.1) is 6.42 Å². The molecular formula is C12H26N. The van der Waals surface area contributed by atoms with Gasteiger partial charge < -0.3 is 5.73 Å². The van der Waals surface area contributed by atoms with Crippen LogP contribution in [0.2, 0.25) is 0 Å². The second kappa shape index (κ2) is 12.0. The summed E-state index contributed by atoms with van der Waals surface area (Å²) in [5.41, 5.74) is 5.40. The van der Waals surface area contributed by atoms with Gasteiger partial charge in [0.05, 0.1) is 0 Å². The first-order valence-corrected chi connectivity index (χ1v) is 5.93. The molecule has 0 aliphatic rings. The molecule has 0 spiro atoms. The molecule has 0 amide bonds. The highest BCUT2D eigenvalue weighted by Gasteiger charge is 1.91. The maximum atomic E-state index is 5.40. The molecule has 0 aliphatic carbocycles. The van der Waals surface area contributed by atoms with Gasteiger partial charge in [0.25, 0.3) is 0 Å². The minimum Gasteiger partial charge on any atom is -0.330 e. The first-order valence-electron chi connectivity index (χ1n) is 5.93. The Bertz CT molecular complexity index is 71.2. The van der Waals surface area contributed by atoms with Gasteiger partial charge in [-0.25, -0.2) is 0 Å². The van der Waals surface area contributed by atoms with Crippen LogP contribution >= 0.6 is 0 Å². The van der Waals surface area contributed by atoms with Crippen LogP contribution in [0.1, 0.15) is 64.7 Å². The van der Waals surface area contributed by atoms with Gasteiger partial charge in [0.1, 0.15) is 0 Å². The lowest BCUT2D eigenvalue weighted by molar-refractivity contribution is 0.598. The van der Waals surface area contributed by atoms with Gasteiger partial charge in [-0.05, 0) is 25.8 Å². The summed E-state index contributed by atoms with van der Waals surface area (Å²) in [7, 11) is 0. The van der Waals surface area contributed by atoms with Gasteiger partial charge in [0.15, 0.2) is 0 Å². The zero-order chi connectivity index (χ0) is 9.78. The molecule has 0 aromatic rings. The van der Waals surface area contributed by atoms with Gasteiger partial charge in [-0.3, -0.25) is 0 Å². The average molecular weight is 184 g/mol. The Hall–Kier alpha value is -0.0400. The minimum absolute atomic E-state index is 0.840. The lowest BCUT2D eigenvalue weighted by Gasteiger charge is -2.00. The third-order valence-corrected chi connectivity index (χ3v) is 2.37. The fourth-order valence-electron chi connectivity index (χ4n) is 1.48. The third kappa shape index (κ3) is 12.0. The molecule has 0 saturated heterocycles. The number of unbranched alkanes of at least 4 members (excludes halogenated alkanes) is 9. The van der Waals surface area contributed by atoms with Gasteiger partial charge >= 0.3 is 0 Å². The smallest absolute Gasteiger partial charge is 0.00772 e. The standard InChI is InChI=1S/C12H26N/c1-2-3-4-5-6-7-8-9-10-11-12-13/h9H,2-8,10-13H2,1H3. The summed E-state index contributed by atoms with van der Waals surface area (Å²) < 4.78 is 0. The quantitative estimate of drug-likeness (QED) is 0.515. The van der Waals surface area contributed by atoms with Crippen molar-refractivity contribution < 1.29 is 0 Å². The number of hydrogen-bond donors (Lipinski definition) is 1. The highest BCUT2D eigenvalue weighted by Crippen LogP contribution is 2.09. The number of hydrogen-bond acceptors (Lipinski definition) is 1. The van der Waals surface area contributed by atoms with Crippen molar-refractivity contribution in [1.29, 1.82) is 0 Å². The van der Waals surface area contributed by atoms with Gasteiger partial charge in [-0.15, -0.1) is 0 Å². The van der Waals surface area contributed by atoms with Crippen molar-refractivity contribution in [2.75, 3.05) is 6.54 Å². The van der Waals surface area contributed by atoms with Gasteiger partial charge in [0.2, 0.25) is 0 Å². The molecular weight excluding hydrogens is 158 g/mol. The average Bonchev–Trinajstić information content (AvgIpc) is 2.16. The molecule has 1 radical (unpaired) electrons. The molecule has 0 aromatic heterocycles. The van der Waals surface area contributed by atoms with E-state index in [1.54, 1.807) is 0 Å². The monoisotopic (exact) mass is 184 g/mol. The van der Waals surface area contributed by atoms with E-state index in [2.05, 4.69) is 13.3 Å². The Morgan fingerprint density at radius 3 is 2.15 bits per heavy atom. The molecule has 0 unspecified atom stereocenters. The molecule has 0 saturated carbocycles. The van der Waals surface area contributed by atoms with E-state index in [0.29, 0.717) is 0 Å². The molecule has 13 heavy (non-hydrogen) atoms. The number of nitrogens with two attached hydrogens (primary N) is 1. The van der Waals surface area contributed by atoms with Crippen molar-refractivity contribution in [2.45, 2.75) is 64.7 Å². The summed E-state index contributed by atoms with van der Waals surface area (Å²) >= 11 is 0. The van der Waals surface area contributed by atoms with Crippen LogP contribution in [-0.2, 0) is 0 Å². The normalized spacial score (nSPS) is 10.6. The van der Waals surface area contributed by atoms with Crippen molar-refractivity contribution >= 4 is 0 Å². The first-order chi connectivity index (χ1) is 6.41. The van der Waals surface area contributed by atoms with Crippen LogP contribution in [0.3, 0.4) is 0 Å². The van der Waals surface area contributed by atoms with Crippen molar-refractivity contribution in [3.8, 4) is 0 Å². The number of rotatable bonds is 10. The molecule has 0 rings (SSSR count). The highest BCUT2D eigenvalue weighted by molar-refractivity contribution is 4.64. The van der Waals surface area contributed by atoms with Crippen molar-refractivity contribution in [2.24, 2.45) is 5.73 Å². The summed E-state index contributed by atoms with van der Waals surface area (Å²) in [6.07, 6.45) is 14.5. The van der Waals surface area contributed by atoms with Gasteiger partial charge in [0, 0.05) is 0 Å². The molecule has 0 bridgehead atoms. The minimum atomic E-state index is 0.840. The zero-order valence-electron chi connectivity index (χ0n) is 9.23. The predicted molar refractivity (Wildman–Crippen MR) is 60.6 cm³/mol. The van der Waals surface area contributed by atoms with Crippen LogP contribution in [-0.4, -0.2) is 6.54 Å². The van der Waals surface area contributed by atoms with E-state index in [4.69, 9.17) is 5.73 Å². The summed E-state index contributed by atoms with van der Waals surface area (Å²) in [6.45, 7) is 3.10. The summed E-state index contributed by atoms with van der Waals surface area (Å²) in [4.78, 5) is 0. The zero-order valence-corrected chi connectivity index (χ0v) is 9.23. The molecule has 0 heterocycles. The second-order valence-electron chi connectivity index (χ2n) is 3.78. The molecule has 1 heteroatoms. The first kappa shape index (κ1) is 13.0. The van der Waals surface area contributed by atoms with Crippen molar-refractivity contribution in [3.63, 3.8) is 0 Å². The third-order valence-electron chi connectivity index (χ3n) is 2.37. The van der Waals surface area contributed by atoms with Crippen LogP contribution in [0.15, 0.2) is 0 Å². The Morgan fingerprint density at radius 2 is 1.46 bits per heavy atom. The van der Waals surface area contributed by atoms with Crippen LogP contribution in [0.5, 0.6) is 0 Å². The largest absolute Gasteiger partial charge is 0.330 e. The fourth-order valence-corrected chi connectivity index (χ4v) is 1.48. The van der Waals surface area contributed by atoms with Crippen LogP contribution < -0.4 is 5.73 Å². The maximum Gasteiger partial charge on any atom is -0.00772 e. The lowest BCUT2D eigenvalue weighted by atomic mass is 10.1. The molecule has 0 atom stereocenters. The Labute approximate surface area is 84.1 Å². The maximum absolute atomic E-state index is 5.40. The molecule has 79 valence electrons. The Balaban J connectivity index is 2.76. The van der Waals surface area contributed by atoms with E-state index in [1.165, 1.54) is 51.4 Å². The lowest BCUT2D eigenvalue weighted by Crippen LogP contribution is -1.97.